The first-order chi connectivity index (χ1) is 8.15. The fourth-order valence-electron chi connectivity index (χ4n) is 1.95. The molecule has 1 saturated carbocycles. The summed E-state index contributed by atoms with van der Waals surface area (Å²) in [7, 11) is 1.92. The van der Waals surface area contributed by atoms with Crippen LogP contribution in [0.3, 0.4) is 0 Å². The topological polar surface area (TPSA) is 39.1 Å². The maximum atomic E-state index is 5.86. The molecule has 1 aliphatic rings. The zero-order valence-electron chi connectivity index (χ0n) is 11.1. The highest BCUT2D eigenvalue weighted by atomic mass is 16.5. The molecule has 1 aromatic rings. The molecule has 0 radical (unpaired) electrons. The Balaban J connectivity index is 1.65. The van der Waals surface area contributed by atoms with Gasteiger partial charge in [-0.25, -0.2) is 4.68 Å². The van der Waals surface area contributed by atoms with Crippen molar-refractivity contribution in [3.8, 4) is 5.88 Å². The molecule has 1 fully saturated rings. The van der Waals surface area contributed by atoms with Gasteiger partial charge in [-0.3, -0.25) is 0 Å². The van der Waals surface area contributed by atoms with Crippen LogP contribution in [0.25, 0.3) is 0 Å². The lowest BCUT2D eigenvalue weighted by Crippen LogP contribution is -2.20. The molecule has 96 valence electrons. The fourth-order valence-corrected chi connectivity index (χ4v) is 1.95. The van der Waals surface area contributed by atoms with Crippen molar-refractivity contribution >= 4 is 0 Å². The van der Waals surface area contributed by atoms with Crippen molar-refractivity contribution in [1.82, 2.24) is 15.1 Å². The summed E-state index contributed by atoms with van der Waals surface area (Å²) in [5, 5.41) is 7.79. The maximum Gasteiger partial charge on any atom is 0.211 e. The molecule has 17 heavy (non-hydrogen) atoms. The van der Waals surface area contributed by atoms with Crippen LogP contribution in [0.2, 0.25) is 0 Å². The lowest BCUT2D eigenvalue weighted by Gasteiger charge is -2.14. The van der Waals surface area contributed by atoms with Gasteiger partial charge in [0, 0.05) is 19.2 Å². The third kappa shape index (κ3) is 4.04. The molecule has 0 saturated heterocycles. The van der Waals surface area contributed by atoms with Crippen molar-refractivity contribution in [2.75, 3.05) is 6.54 Å². The second-order valence-corrected chi connectivity index (χ2v) is 5.05. The zero-order chi connectivity index (χ0) is 12.3. The molecule has 1 aliphatic carbocycles. The summed E-state index contributed by atoms with van der Waals surface area (Å²) in [6.07, 6.45) is 5.24. The number of hydrogen-bond donors (Lipinski definition) is 1. The van der Waals surface area contributed by atoms with E-state index >= 15 is 0 Å². The number of hydrogen-bond acceptors (Lipinski definition) is 3. The van der Waals surface area contributed by atoms with E-state index in [4.69, 9.17) is 4.74 Å². The Morgan fingerprint density at radius 1 is 1.59 bits per heavy atom. The van der Waals surface area contributed by atoms with Crippen molar-refractivity contribution in [3.05, 3.63) is 11.8 Å². The first-order valence-corrected chi connectivity index (χ1v) is 6.56. The van der Waals surface area contributed by atoms with E-state index in [0.717, 1.165) is 30.6 Å². The number of ether oxygens (including phenoxy) is 1. The Kier molecular flexibility index (Phi) is 4.05. The highest BCUT2D eigenvalue weighted by Gasteiger charge is 2.19. The van der Waals surface area contributed by atoms with Crippen molar-refractivity contribution in [1.29, 1.82) is 0 Å². The van der Waals surface area contributed by atoms with Gasteiger partial charge in [-0.1, -0.05) is 0 Å². The van der Waals surface area contributed by atoms with Crippen molar-refractivity contribution in [3.63, 3.8) is 0 Å². The van der Waals surface area contributed by atoms with E-state index in [2.05, 4.69) is 17.3 Å². The summed E-state index contributed by atoms with van der Waals surface area (Å²) >= 11 is 0. The minimum absolute atomic E-state index is 0.255. The quantitative estimate of drug-likeness (QED) is 0.737. The molecule has 0 aliphatic heterocycles. The minimum Gasteiger partial charge on any atom is -0.475 e. The third-order valence-electron chi connectivity index (χ3n) is 3.08. The molecule has 1 atom stereocenters. The van der Waals surface area contributed by atoms with Crippen LogP contribution < -0.4 is 10.1 Å². The predicted octanol–water partition coefficient (Wildman–Crippen LogP) is 2.03. The fraction of sp³-hybridized carbons (Fsp3) is 0.769. The summed E-state index contributed by atoms with van der Waals surface area (Å²) in [5.41, 5.74) is 1.00. The molecule has 0 amide bonds. The van der Waals surface area contributed by atoms with Crippen molar-refractivity contribution in [2.24, 2.45) is 7.05 Å². The van der Waals surface area contributed by atoms with Crippen LogP contribution in [-0.2, 0) is 7.05 Å². The van der Waals surface area contributed by atoms with Gasteiger partial charge in [-0.05, 0) is 46.1 Å². The van der Waals surface area contributed by atoms with E-state index in [1.54, 1.807) is 4.68 Å². The molecule has 1 unspecified atom stereocenters. The zero-order valence-corrected chi connectivity index (χ0v) is 11.1. The van der Waals surface area contributed by atoms with E-state index in [-0.39, 0.29) is 6.10 Å². The number of aryl methyl sites for hydroxylation is 2. The van der Waals surface area contributed by atoms with E-state index in [0.29, 0.717) is 0 Å². The van der Waals surface area contributed by atoms with Gasteiger partial charge in [0.1, 0.15) is 0 Å². The van der Waals surface area contributed by atoms with Crippen LogP contribution in [0.5, 0.6) is 5.88 Å². The standard InChI is InChI=1S/C13H23N3O/c1-10-9-13(16(3)15-10)17-11(2)5-4-8-14-12-6-7-12/h9,11-12,14H,4-8H2,1-3H3. The van der Waals surface area contributed by atoms with E-state index in [9.17, 15) is 0 Å². The Bertz CT molecular complexity index is 358. The predicted molar refractivity (Wildman–Crippen MR) is 68.3 cm³/mol. The molecule has 0 aromatic carbocycles. The van der Waals surface area contributed by atoms with E-state index in [1.807, 2.05) is 20.0 Å². The van der Waals surface area contributed by atoms with Crippen LogP contribution in [0.15, 0.2) is 6.07 Å². The molecule has 4 nitrogen and oxygen atoms in total. The van der Waals surface area contributed by atoms with Gasteiger partial charge in [0.05, 0.1) is 11.8 Å². The van der Waals surface area contributed by atoms with Crippen LogP contribution in [-0.4, -0.2) is 28.5 Å². The monoisotopic (exact) mass is 237 g/mol. The normalized spacial score (nSPS) is 17.1. The minimum atomic E-state index is 0.255. The smallest absolute Gasteiger partial charge is 0.211 e. The van der Waals surface area contributed by atoms with Gasteiger partial charge in [0.2, 0.25) is 5.88 Å². The van der Waals surface area contributed by atoms with Crippen LogP contribution in [0, 0.1) is 6.92 Å². The average Bonchev–Trinajstić information content (AvgIpc) is 3.02. The molecule has 2 rings (SSSR count). The van der Waals surface area contributed by atoms with Gasteiger partial charge in [0.15, 0.2) is 0 Å². The maximum absolute atomic E-state index is 5.86. The van der Waals surface area contributed by atoms with Crippen LogP contribution >= 0.6 is 0 Å². The van der Waals surface area contributed by atoms with Crippen LogP contribution in [0.1, 0.15) is 38.3 Å². The summed E-state index contributed by atoms with van der Waals surface area (Å²) in [4.78, 5) is 0. The molecule has 1 N–H and O–H groups in total. The Morgan fingerprint density at radius 3 is 2.94 bits per heavy atom. The number of aromatic nitrogens is 2. The van der Waals surface area contributed by atoms with E-state index < -0.39 is 0 Å². The highest BCUT2D eigenvalue weighted by Crippen LogP contribution is 2.19. The second kappa shape index (κ2) is 5.54. The van der Waals surface area contributed by atoms with Crippen LogP contribution in [0.4, 0.5) is 0 Å². The van der Waals surface area contributed by atoms with Gasteiger partial charge in [-0.2, -0.15) is 5.10 Å². The third-order valence-corrected chi connectivity index (χ3v) is 3.08. The van der Waals surface area contributed by atoms with Gasteiger partial charge >= 0.3 is 0 Å². The summed E-state index contributed by atoms with van der Waals surface area (Å²) in [6, 6.07) is 2.80. The Morgan fingerprint density at radius 2 is 2.35 bits per heavy atom. The molecule has 0 bridgehead atoms. The lowest BCUT2D eigenvalue weighted by atomic mass is 10.2. The first kappa shape index (κ1) is 12.4. The highest BCUT2D eigenvalue weighted by molar-refractivity contribution is 5.14. The molecular weight excluding hydrogens is 214 g/mol. The number of nitrogens with zero attached hydrogens (tertiary/aromatic N) is 2. The van der Waals surface area contributed by atoms with Gasteiger partial charge in [-0.15, -0.1) is 0 Å². The SMILES string of the molecule is Cc1cc(OC(C)CCCNC2CC2)n(C)n1. The van der Waals surface area contributed by atoms with Gasteiger partial charge in [0.25, 0.3) is 0 Å². The molecule has 1 heterocycles. The largest absolute Gasteiger partial charge is 0.475 e. The summed E-state index contributed by atoms with van der Waals surface area (Å²) in [5.74, 6) is 0.866. The van der Waals surface area contributed by atoms with Crippen molar-refractivity contribution in [2.45, 2.75) is 51.7 Å². The van der Waals surface area contributed by atoms with Crippen molar-refractivity contribution < 1.29 is 4.74 Å². The second-order valence-electron chi connectivity index (χ2n) is 5.05. The molecular formula is C13H23N3O. The molecule has 4 heteroatoms. The number of nitrogens with one attached hydrogen (secondary N) is 1. The lowest BCUT2D eigenvalue weighted by molar-refractivity contribution is 0.190. The molecule has 1 aromatic heterocycles. The Hall–Kier alpha value is -1.03. The molecule has 0 spiro atoms. The van der Waals surface area contributed by atoms with E-state index in [1.165, 1.54) is 19.3 Å². The summed E-state index contributed by atoms with van der Waals surface area (Å²) < 4.78 is 7.66. The average molecular weight is 237 g/mol. The van der Waals surface area contributed by atoms with Gasteiger partial charge < -0.3 is 10.1 Å². The number of rotatable bonds is 7. The Labute approximate surface area is 103 Å². The summed E-state index contributed by atoms with van der Waals surface area (Å²) in [6.45, 7) is 5.22. The first-order valence-electron chi connectivity index (χ1n) is 6.56.